The van der Waals surface area contributed by atoms with Crippen LogP contribution in [0.25, 0.3) is 10.1 Å². The lowest BCUT2D eigenvalue weighted by molar-refractivity contribution is -0.0179. The first kappa shape index (κ1) is 12.6. The minimum atomic E-state index is 0.337. The summed E-state index contributed by atoms with van der Waals surface area (Å²) < 4.78 is 7.06. The summed E-state index contributed by atoms with van der Waals surface area (Å²) in [5.74, 6) is 0. The summed E-state index contributed by atoms with van der Waals surface area (Å²) in [6, 6.07) is 8.66. The van der Waals surface area contributed by atoms with E-state index in [0.29, 0.717) is 6.10 Å². The van der Waals surface area contributed by atoms with Crippen LogP contribution in [0.1, 0.15) is 5.56 Å². The molecule has 2 heterocycles. The van der Waals surface area contributed by atoms with E-state index in [-0.39, 0.29) is 0 Å². The van der Waals surface area contributed by atoms with Crippen molar-refractivity contribution in [2.45, 2.75) is 12.6 Å². The molecule has 0 saturated carbocycles. The number of nitrogens with zero attached hydrogens (tertiary/aromatic N) is 1. The summed E-state index contributed by atoms with van der Waals surface area (Å²) in [5, 5.41) is 4.63. The van der Waals surface area contributed by atoms with Crippen LogP contribution in [0, 0.1) is 0 Å². The quantitative estimate of drug-likeness (QED) is 0.801. The van der Waals surface area contributed by atoms with Gasteiger partial charge in [0.05, 0.1) is 12.7 Å². The molecule has 1 saturated heterocycles. The molecule has 0 N–H and O–H groups in total. The zero-order chi connectivity index (χ0) is 12.4. The maximum atomic E-state index is 5.68. The Morgan fingerprint density at radius 3 is 3.17 bits per heavy atom. The summed E-state index contributed by atoms with van der Waals surface area (Å²) in [6.07, 6.45) is 0.337. The molecule has 3 rings (SSSR count). The second-order valence-electron chi connectivity index (χ2n) is 4.64. The summed E-state index contributed by atoms with van der Waals surface area (Å²) >= 11 is 5.35. The van der Waals surface area contributed by atoms with Crippen molar-refractivity contribution in [3.05, 3.63) is 35.2 Å². The van der Waals surface area contributed by atoms with Gasteiger partial charge >= 0.3 is 0 Å². The molecule has 18 heavy (non-hydrogen) atoms. The van der Waals surface area contributed by atoms with Crippen LogP contribution in [0.5, 0.6) is 0 Å². The molecule has 1 aliphatic heterocycles. The van der Waals surface area contributed by atoms with Crippen LogP contribution >= 0.6 is 27.3 Å². The Labute approximate surface area is 120 Å². The molecular formula is C14H16BrNOS. The molecule has 2 nitrogen and oxygen atoms in total. The summed E-state index contributed by atoms with van der Waals surface area (Å²) in [5.41, 5.74) is 1.45. The Morgan fingerprint density at radius 1 is 1.39 bits per heavy atom. The lowest BCUT2D eigenvalue weighted by Gasteiger charge is -2.31. The second kappa shape index (κ2) is 5.70. The van der Waals surface area contributed by atoms with Crippen LogP contribution in [0.2, 0.25) is 0 Å². The van der Waals surface area contributed by atoms with Crippen molar-refractivity contribution >= 4 is 37.4 Å². The highest BCUT2D eigenvalue weighted by atomic mass is 79.9. The van der Waals surface area contributed by atoms with Crippen LogP contribution in [0.4, 0.5) is 0 Å². The zero-order valence-electron chi connectivity index (χ0n) is 10.1. The van der Waals surface area contributed by atoms with Gasteiger partial charge in [-0.15, -0.1) is 11.3 Å². The highest BCUT2D eigenvalue weighted by Gasteiger charge is 2.20. The van der Waals surface area contributed by atoms with E-state index in [1.54, 1.807) is 0 Å². The number of morpholine rings is 1. The number of halogens is 1. The Kier molecular flexibility index (Phi) is 3.99. The summed E-state index contributed by atoms with van der Waals surface area (Å²) in [6.45, 7) is 3.94. The Balaban J connectivity index is 1.76. The highest BCUT2D eigenvalue weighted by molar-refractivity contribution is 9.09. The molecule has 1 unspecified atom stereocenters. The van der Waals surface area contributed by atoms with E-state index >= 15 is 0 Å². The molecule has 1 fully saturated rings. The lowest BCUT2D eigenvalue weighted by atomic mass is 10.1. The SMILES string of the molecule is BrCC1CN(Cc2csc3ccccc23)CCO1. The monoisotopic (exact) mass is 325 g/mol. The van der Waals surface area contributed by atoms with Gasteiger partial charge in [-0.25, -0.2) is 0 Å². The van der Waals surface area contributed by atoms with Crippen molar-refractivity contribution in [1.82, 2.24) is 4.90 Å². The van der Waals surface area contributed by atoms with Gasteiger partial charge in [0, 0.05) is 29.7 Å². The standard InChI is InChI=1S/C14H16BrNOS/c15-7-12-9-16(5-6-17-12)8-11-10-18-14-4-2-1-3-13(11)14/h1-4,10,12H,5-9H2. The number of hydrogen-bond donors (Lipinski definition) is 0. The van der Waals surface area contributed by atoms with E-state index in [4.69, 9.17) is 4.74 Å². The third-order valence-corrected chi connectivity index (χ3v) is 5.08. The van der Waals surface area contributed by atoms with Gasteiger partial charge in [-0.3, -0.25) is 4.90 Å². The first-order valence-corrected chi connectivity index (χ1v) is 8.22. The molecule has 0 radical (unpaired) electrons. The zero-order valence-corrected chi connectivity index (χ0v) is 12.5. The van der Waals surface area contributed by atoms with E-state index in [1.165, 1.54) is 15.6 Å². The van der Waals surface area contributed by atoms with E-state index in [1.807, 2.05) is 11.3 Å². The number of benzene rings is 1. The van der Waals surface area contributed by atoms with Crippen LogP contribution in [0.15, 0.2) is 29.6 Å². The minimum absolute atomic E-state index is 0.337. The molecule has 96 valence electrons. The minimum Gasteiger partial charge on any atom is -0.375 e. The molecule has 1 aliphatic rings. The second-order valence-corrected chi connectivity index (χ2v) is 6.20. The van der Waals surface area contributed by atoms with E-state index < -0.39 is 0 Å². The van der Waals surface area contributed by atoms with Gasteiger partial charge in [0.25, 0.3) is 0 Å². The van der Waals surface area contributed by atoms with Crippen LogP contribution in [-0.2, 0) is 11.3 Å². The van der Waals surface area contributed by atoms with Gasteiger partial charge in [-0.1, -0.05) is 34.1 Å². The highest BCUT2D eigenvalue weighted by Crippen LogP contribution is 2.27. The van der Waals surface area contributed by atoms with Crippen LogP contribution < -0.4 is 0 Å². The first-order valence-electron chi connectivity index (χ1n) is 6.22. The van der Waals surface area contributed by atoms with Crippen molar-refractivity contribution in [3.63, 3.8) is 0 Å². The van der Waals surface area contributed by atoms with Crippen molar-refractivity contribution in [3.8, 4) is 0 Å². The number of rotatable bonds is 3. The predicted octanol–water partition coefficient (Wildman–Crippen LogP) is 3.50. The van der Waals surface area contributed by atoms with Crippen molar-refractivity contribution in [2.24, 2.45) is 0 Å². The van der Waals surface area contributed by atoms with Gasteiger partial charge in [0.15, 0.2) is 0 Å². The first-order chi connectivity index (χ1) is 8.86. The van der Waals surface area contributed by atoms with E-state index in [2.05, 4.69) is 50.5 Å². The van der Waals surface area contributed by atoms with Crippen molar-refractivity contribution in [2.75, 3.05) is 25.0 Å². The third kappa shape index (κ3) is 2.62. The van der Waals surface area contributed by atoms with Gasteiger partial charge in [-0.2, -0.15) is 0 Å². The van der Waals surface area contributed by atoms with Gasteiger partial charge < -0.3 is 4.74 Å². The summed E-state index contributed by atoms with van der Waals surface area (Å²) in [7, 11) is 0. The number of hydrogen-bond acceptors (Lipinski definition) is 3. The molecule has 1 atom stereocenters. The van der Waals surface area contributed by atoms with Crippen LogP contribution in [0.3, 0.4) is 0 Å². The van der Waals surface area contributed by atoms with Crippen molar-refractivity contribution in [1.29, 1.82) is 0 Å². The largest absolute Gasteiger partial charge is 0.375 e. The van der Waals surface area contributed by atoms with Gasteiger partial charge in [0.1, 0.15) is 0 Å². The fraction of sp³-hybridized carbons (Fsp3) is 0.429. The molecular weight excluding hydrogens is 310 g/mol. The molecule has 0 aliphatic carbocycles. The number of alkyl halides is 1. The van der Waals surface area contributed by atoms with E-state index in [0.717, 1.165) is 31.6 Å². The maximum Gasteiger partial charge on any atom is 0.0799 e. The molecule has 2 aromatic rings. The Hall–Kier alpha value is -0.420. The molecule has 1 aromatic heterocycles. The fourth-order valence-corrected chi connectivity index (χ4v) is 3.76. The number of thiophene rings is 1. The average molecular weight is 326 g/mol. The average Bonchev–Trinajstić information content (AvgIpc) is 2.83. The van der Waals surface area contributed by atoms with Gasteiger partial charge in [0.2, 0.25) is 0 Å². The Morgan fingerprint density at radius 2 is 2.28 bits per heavy atom. The molecule has 4 heteroatoms. The Bertz CT molecular complexity index is 527. The smallest absolute Gasteiger partial charge is 0.0799 e. The molecule has 1 aromatic carbocycles. The number of fused-ring (bicyclic) bond motifs is 1. The number of ether oxygens (including phenoxy) is 1. The van der Waals surface area contributed by atoms with Crippen LogP contribution in [-0.4, -0.2) is 36.0 Å². The van der Waals surface area contributed by atoms with E-state index in [9.17, 15) is 0 Å². The lowest BCUT2D eigenvalue weighted by Crippen LogP contribution is -2.42. The third-order valence-electron chi connectivity index (χ3n) is 3.35. The fourth-order valence-electron chi connectivity index (χ4n) is 2.41. The normalized spacial score (nSPS) is 21.5. The van der Waals surface area contributed by atoms with Crippen molar-refractivity contribution < 1.29 is 4.74 Å². The molecule has 0 spiro atoms. The maximum absolute atomic E-state index is 5.68. The molecule has 0 amide bonds. The van der Waals surface area contributed by atoms with Gasteiger partial charge in [-0.05, 0) is 22.4 Å². The molecule has 0 bridgehead atoms. The summed E-state index contributed by atoms with van der Waals surface area (Å²) in [4.78, 5) is 2.49. The predicted molar refractivity (Wildman–Crippen MR) is 80.6 cm³/mol. The topological polar surface area (TPSA) is 12.5 Å².